The van der Waals surface area contributed by atoms with Crippen LogP contribution >= 0.6 is 0 Å². The van der Waals surface area contributed by atoms with Crippen LogP contribution < -0.4 is 0 Å². The highest BCUT2D eigenvalue weighted by Crippen LogP contribution is 2.28. The van der Waals surface area contributed by atoms with Crippen LogP contribution in [0.1, 0.15) is 32.6 Å². The smallest absolute Gasteiger partial charge is 0.313 e. The van der Waals surface area contributed by atoms with Gasteiger partial charge in [-0.3, -0.25) is 4.79 Å². The summed E-state index contributed by atoms with van der Waals surface area (Å²) in [5.41, 5.74) is 0.588. The Kier molecular flexibility index (Phi) is 3.71. The van der Waals surface area contributed by atoms with Crippen molar-refractivity contribution in [1.82, 2.24) is 0 Å². The lowest BCUT2D eigenvalue weighted by Gasteiger charge is -2.20. The van der Waals surface area contributed by atoms with Gasteiger partial charge >= 0.3 is 5.97 Å². The summed E-state index contributed by atoms with van der Waals surface area (Å²) in [5.74, 6) is 1.28. The second kappa shape index (κ2) is 4.83. The SMILES string of the molecule is CCOC(=O)C1CCCCC1=C=O. The summed E-state index contributed by atoms with van der Waals surface area (Å²) in [4.78, 5) is 21.9. The molecule has 0 saturated heterocycles. The van der Waals surface area contributed by atoms with Crippen molar-refractivity contribution in [2.24, 2.45) is 5.92 Å². The summed E-state index contributed by atoms with van der Waals surface area (Å²) in [6.45, 7) is 2.15. The van der Waals surface area contributed by atoms with E-state index in [1.165, 1.54) is 0 Å². The van der Waals surface area contributed by atoms with E-state index in [1.54, 1.807) is 6.92 Å². The molecule has 0 spiro atoms. The molecule has 0 N–H and O–H groups in total. The zero-order valence-electron chi connectivity index (χ0n) is 7.84. The molecular formula is C10H14O3. The highest BCUT2D eigenvalue weighted by Gasteiger charge is 2.27. The van der Waals surface area contributed by atoms with Crippen LogP contribution in [0.25, 0.3) is 0 Å². The molecule has 3 nitrogen and oxygen atoms in total. The highest BCUT2D eigenvalue weighted by molar-refractivity contribution is 5.79. The van der Waals surface area contributed by atoms with Crippen LogP contribution in [0.3, 0.4) is 0 Å². The zero-order chi connectivity index (χ0) is 9.68. The van der Waals surface area contributed by atoms with Gasteiger partial charge in [0.25, 0.3) is 0 Å². The van der Waals surface area contributed by atoms with Gasteiger partial charge in [0.05, 0.1) is 12.5 Å². The van der Waals surface area contributed by atoms with Gasteiger partial charge in [0.15, 0.2) is 0 Å². The van der Waals surface area contributed by atoms with Crippen LogP contribution in [-0.2, 0) is 14.3 Å². The number of hydrogen-bond donors (Lipinski definition) is 0. The van der Waals surface area contributed by atoms with Gasteiger partial charge in [0, 0.05) is 5.57 Å². The predicted molar refractivity (Wildman–Crippen MR) is 47.8 cm³/mol. The maximum absolute atomic E-state index is 11.3. The van der Waals surface area contributed by atoms with Gasteiger partial charge in [-0.15, -0.1) is 0 Å². The minimum Gasteiger partial charge on any atom is -0.466 e. The maximum Gasteiger partial charge on any atom is 0.313 e. The lowest BCUT2D eigenvalue weighted by atomic mass is 9.85. The van der Waals surface area contributed by atoms with Gasteiger partial charge in [-0.2, -0.15) is 0 Å². The molecule has 1 fully saturated rings. The van der Waals surface area contributed by atoms with E-state index in [9.17, 15) is 9.59 Å². The molecule has 72 valence electrons. The predicted octanol–water partition coefficient (Wildman–Crippen LogP) is 1.50. The third kappa shape index (κ3) is 2.43. The fraction of sp³-hybridized carbons (Fsp3) is 0.700. The van der Waals surface area contributed by atoms with Crippen molar-refractivity contribution in [3.8, 4) is 0 Å². The van der Waals surface area contributed by atoms with Crippen LogP contribution in [0.2, 0.25) is 0 Å². The Balaban J connectivity index is 2.64. The lowest BCUT2D eigenvalue weighted by Crippen LogP contribution is -2.23. The molecule has 0 aromatic carbocycles. The third-order valence-electron chi connectivity index (χ3n) is 2.31. The quantitative estimate of drug-likeness (QED) is 0.480. The number of rotatable bonds is 2. The minimum absolute atomic E-state index is 0.263. The van der Waals surface area contributed by atoms with E-state index < -0.39 is 0 Å². The van der Waals surface area contributed by atoms with E-state index in [1.807, 2.05) is 5.94 Å². The molecule has 1 aliphatic carbocycles. The van der Waals surface area contributed by atoms with Crippen molar-refractivity contribution < 1.29 is 14.3 Å². The number of carbonyl (C=O) groups excluding carboxylic acids is 2. The Hall–Kier alpha value is -1.08. The minimum atomic E-state index is -0.314. The fourth-order valence-electron chi connectivity index (χ4n) is 1.64. The fourth-order valence-corrected chi connectivity index (χ4v) is 1.64. The Morgan fingerprint density at radius 1 is 1.62 bits per heavy atom. The molecular weight excluding hydrogens is 168 g/mol. The van der Waals surface area contributed by atoms with Crippen LogP contribution in [0.5, 0.6) is 0 Å². The van der Waals surface area contributed by atoms with Crippen molar-refractivity contribution in [2.75, 3.05) is 6.61 Å². The van der Waals surface area contributed by atoms with Crippen LogP contribution in [0.15, 0.2) is 5.57 Å². The molecule has 0 aromatic rings. The molecule has 1 atom stereocenters. The average Bonchev–Trinajstić information content (AvgIpc) is 2.18. The molecule has 0 heterocycles. The number of carbonyl (C=O) groups is 1. The third-order valence-corrected chi connectivity index (χ3v) is 2.31. The molecule has 3 heteroatoms. The first kappa shape index (κ1) is 10.0. The topological polar surface area (TPSA) is 43.4 Å². The van der Waals surface area contributed by atoms with Crippen LogP contribution in [-0.4, -0.2) is 18.5 Å². The van der Waals surface area contributed by atoms with E-state index in [-0.39, 0.29) is 11.9 Å². The summed E-state index contributed by atoms with van der Waals surface area (Å²) in [6.07, 6.45) is 3.42. The van der Waals surface area contributed by atoms with Crippen molar-refractivity contribution in [2.45, 2.75) is 32.6 Å². The van der Waals surface area contributed by atoms with Gasteiger partial charge in [0.2, 0.25) is 0 Å². The first-order valence-corrected chi connectivity index (χ1v) is 4.70. The van der Waals surface area contributed by atoms with Gasteiger partial charge in [-0.25, -0.2) is 4.79 Å². The number of esters is 1. The zero-order valence-corrected chi connectivity index (χ0v) is 7.84. The second-order valence-corrected chi connectivity index (χ2v) is 3.18. The monoisotopic (exact) mass is 182 g/mol. The molecule has 1 aliphatic rings. The van der Waals surface area contributed by atoms with Crippen LogP contribution in [0.4, 0.5) is 0 Å². The van der Waals surface area contributed by atoms with Crippen LogP contribution in [0, 0.1) is 5.92 Å². The summed E-state index contributed by atoms with van der Waals surface area (Å²) >= 11 is 0. The molecule has 0 amide bonds. The molecule has 0 aliphatic heterocycles. The molecule has 0 radical (unpaired) electrons. The summed E-state index contributed by atoms with van der Waals surface area (Å²) in [6, 6.07) is 0. The van der Waals surface area contributed by atoms with E-state index in [0.29, 0.717) is 18.6 Å². The first-order valence-electron chi connectivity index (χ1n) is 4.70. The summed E-state index contributed by atoms with van der Waals surface area (Å²) in [7, 11) is 0. The summed E-state index contributed by atoms with van der Waals surface area (Å²) in [5, 5.41) is 0. The Bertz CT molecular complexity index is 239. The van der Waals surface area contributed by atoms with Crippen molar-refractivity contribution >= 4 is 11.9 Å². The molecule has 13 heavy (non-hydrogen) atoms. The van der Waals surface area contributed by atoms with Crippen molar-refractivity contribution in [1.29, 1.82) is 0 Å². The Morgan fingerprint density at radius 2 is 2.38 bits per heavy atom. The molecule has 0 aromatic heterocycles. The number of hydrogen-bond acceptors (Lipinski definition) is 3. The molecule has 1 saturated carbocycles. The Labute approximate surface area is 77.8 Å². The average molecular weight is 182 g/mol. The van der Waals surface area contributed by atoms with E-state index in [4.69, 9.17) is 4.74 Å². The van der Waals surface area contributed by atoms with Gasteiger partial charge in [0.1, 0.15) is 5.94 Å². The van der Waals surface area contributed by atoms with E-state index in [2.05, 4.69) is 0 Å². The van der Waals surface area contributed by atoms with Gasteiger partial charge < -0.3 is 4.74 Å². The Morgan fingerprint density at radius 3 is 3.00 bits per heavy atom. The van der Waals surface area contributed by atoms with E-state index in [0.717, 1.165) is 19.3 Å². The second-order valence-electron chi connectivity index (χ2n) is 3.18. The first-order chi connectivity index (χ1) is 6.29. The largest absolute Gasteiger partial charge is 0.466 e. The van der Waals surface area contributed by atoms with Gasteiger partial charge in [-0.05, 0) is 26.2 Å². The normalized spacial score (nSPS) is 22.2. The molecule has 1 rings (SSSR count). The highest BCUT2D eigenvalue weighted by atomic mass is 16.5. The van der Waals surface area contributed by atoms with Gasteiger partial charge in [-0.1, -0.05) is 6.42 Å². The summed E-state index contributed by atoms with van der Waals surface area (Å²) < 4.78 is 4.87. The number of ether oxygens (including phenoxy) is 1. The van der Waals surface area contributed by atoms with Crippen molar-refractivity contribution in [3.63, 3.8) is 0 Å². The van der Waals surface area contributed by atoms with E-state index >= 15 is 0 Å². The molecule has 0 bridgehead atoms. The molecule has 1 unspecified atom stereocenters. The maximum atomic E-state index is 11.3. The standard InChI is InChI=1S/C10H14O3/c1-2-13-10(12)9-6-4-3-5-8(9)7-11/h9H,2-6H2,1H3. The lowest BCUT2D eigenvalue weighted by molar-refractivity contribution is -0.147. The van der Waals surface area contributed by atoms with Crippen molar-refractivity contribution in [3.05, 3.63) is 5.57 Å².